The average molecular weight is 232 g/mol. The highest BCUT2D eigenvalue weighted by Gasteiger charge is 2.23. The van der Waals surface area contributed by atoms with Crippen LogP contribution >= 0.6 is 11.8 Å². The van der Waals surface area contributed by atoms with Crippen molar-refractivity contribution in [2.45, 2.75) is 24.3 Å². The summed E-state index contributed by atoms with van der Waals surface area (Å²) in [6.07, 6.45) is 0. The number of para-hydroxylation sites is 1. The van der Waals surface area contributed by atoms with Crippen LogP contribution in [0.3, 0.4) is 0 Å². The molecule has 84 valence electrons. The van der Waals surface area contributed by atoms with E-state index in [0.29, 0.717) is 10.5 Å². The van der Waals surface area contributed by atoms with Crippen molar-refractivity contribution in [3.63, 3.8) is 0 Å². The van der Waals surface area contributed by atoms with Gasteiger partial charge >= 0.3 is 0 Å². The first-order chi connectivity index (χ1) is 7.70. The zero-order valence-corrected chi connectivity index (χ0v) is 10.5. The molecule has 0 bridgehead atoms. The number of benzene rings is 1. The van der Waals surface area contributed by atoms with Gasteiger partial charge in [-0.2, -0.15) is 17.0 Å². The Balaban J connectivity index is 2.26. The number of thioether (sulfide) groups is 1. The highest BCUT2D eigenvalue weighted by atomic mass is 32.2. The van der Waals surface area contributed by atoms with Crippen molar-refractivity contribution in [2.24, 2.45) is 0 Å². The first-order valence-corrected chi connectivity index (χ1v) is 6.54. The van der Waals surface area contributed by atoms with E-state index in [1.165, 1.54) is 0 Å². The van der Waals surface area contributed by atoms with Gasteiger partial charge in [0, 0.05) is 23.6 Å². The van der Waals surface area contributed by atoms with Gasteiger partial charge in [-0.3, -0.25) is 0 Å². The Morgan fingerprint density at radius 2 is 1.88 bits per heavy atom. The lowest BCUT2D eigenvalue weighted by Crippen LogP contribution is -2.40. The third kappa shape index (κ3) is 2.33. The Bertz CT molecular complexity index is 401. The molecule has 1 fully saturated rings. The van der Waals surface area contributed by atoms with Crippen LogP contribution in [0.15, 0.2) is 24.3 Å². The first-order valence-electron chi connectivity index (χ1n) is 5.60. The molecule has 1 heterocycles. The molecule has 2 rings (SSSR count). The summed E-state index contributed by atoms with van der Waals surface area (Å²) < 4.78 is 0. The number of hydrogen-bond donors (Lipinski definition) is 0. The highest BCUT2D eigenvalue weighted by Crippen LogP contribution is 2.30. The van der Waals surface area contributed by atoms with E-state index < -0.39 is 0 Å². The summed E-state index contributed by atoms with van der Waals surface area (Å²) in [6, 6.07) is 10.2. The van der Waals surface area contributed by atoms with Crippen LogP contribution in [0, 0.1) is 11.3 Å². The molecule has 16 heavy (non-hydrogen) atoms. The van der Waals surface area contributed by atoms with Crippen LogP contribution in [-0.4, -0.2) is 23.6 Å². The molecule has 1 aromatic rings. The minimum absolute atomic E-state index is 0.635. The van der Waals surface area contributed by atoms with Gasteiger partial charge in [0.2, 0.25) is 0 Å². The fourth-order valence-electron chi connectivity index (χ4n) is 2.22. The normalized spacial score (nSPS) is 25.2. The summed E-state index contributed by atoms with van der Waals surface area (Å²) in [7, 11) is 0. The number of rotatable bonds is 1. The van der Waals surface area contributed by atoms with Crippen LogP contribution in [0.25, 0.3) is 0 Å². The van der Waals surface area contributed by atoms with E-state index in [1.807, 2.05) is 36.0 Å². The maximum Gasteiger partial charge on any atom is 0.101 e. The molecule has 0 N–H and O–H groups in total. The van der Waals surface area contributed by atoms with E-state index in [0.717, 1.165) is 24.3 Å². The zero-order chi connectivity index (χ0) is 11.5. The molecule has 0 spiro atoms. The summed E-state index contributed by atoms with van der Waals surface area (Å²) in [5, 5.41) is 10.4. The topological polar surface area (TPSA) is 27.0 Å². The Morgan fingerprint density at radius 3 is 2.50 bits per heavy atom. The Hall–Kier alpha value is -1.14. The fourth-order valence-corrected chi connectivity index (χ4v) is 3.54. The molecule has 0 saturated carbocycles. The lowest BCUT2D eigenvalue weighted by molar-refractivity contribution is 0.727. The van der Waals surface area contributed by atoms with Crippen molar-refractivity contribution in [1.29, 1.82) is 5.26 Å². The largest absolute Gasteiger partial charge is 0.368 e. The molecule has 1 aromatic carbocycles. The number of nitrogens with zero attached hydrogens (tertiary/aromatic N) is 2. The maximum absolute atomic E-state index is 9.10. The van der Waals surface area contributed by atoms with E-state index in [1.54, 1.807) is 0 Å². The standard InChI is InChI=1S/C13H16N2S/c1-10-8-15(9-11(2)16-10)13-6-4-3-5-12(13)7-14/h3-6,10-11H,8-9H2,1-2H3. The van der Waals surface area contributed by atoms with Gasteiger partial charge in [0.05, 0.1) is 11.3 Å². The molecule has 0 radical (unpaired) electrons. The van der Waals surface area contributed by atoms with Crippen molar-refractivity contribution in [3.05, 3.63) is 29.8 Å². The Morgan fingerprint density at radius 1 is 1.25 bits per heavy atom. The molecule has 2 nitrogen and oxygen atoms in total. The first kappa shape index (κ1) is 11.3. The van der Waals surface area contributed by atoms with Gasteiger partial charge in [-0.25, -0.2) is 0 Å². The third-order valence-electron chi connectivity index (χ3n) is 2.78. The quantitative estimate of drug-likeness (QED) is 0.745. The molecule has 1 aliphatic rings. The summed E-state index contributed by atoms with van der Waals surface area (Å²) in [4.78, 5) is 2.34. The lowest BCUT2D eigenvalue weighted by Gasteiger charge is -2.36. The van der Waals surface area contributed by atoms with Crippen LogP contribution < -0.4 is 4.90 Å². The van der Waals surface area contributed by atoms with Crippen molar-refractivity contribution in [2.75, 3.05) is 18.0 Å². The molecule has 0 aliphatic carbocycles. The second-order valence-corrected chi connectivity index (χ2v) is 6.17. The van der Waals surface area contributed by atoms with E-state index in [9.17, 15) is 0 Å². The summed E-state index contributed by atoms with van der Waals surface area (Å²) in [6.45, 7) is 6.58. The molecule has 3 heteroatoms. The van der Waals surface area contributed by atoms with Crippen LogP contribution in [0.4, 0.5) is 5.69 Å². The van der Waals surface area contributed by atoms with Gasteiger partial charge in [-0.15, -0.1) is 0 Å². The van der Waals surface area contributed by atoms with Crippen molar-refractivity contribution in [3.8, 4) is 6.07 Å². The molecule has 2 unspecified atom stereocenters. The summed E-state index contributed by atoms with van der Waals surface area (Å²) in [5.41, 5.74) is 1.87. The number of nitriles is 1. The van der Waals surface area contributed by atoms with Crippen LogP contribution in [-0.2, 0) is 0 Å². The van der Waals surface area contributed by atoms with E-state index in [-0.39, 0.29) is 0 Å². The number of hydrogen-bond acceptors (Lipinski definition) is 3. The summed E-state index contributed by atoms with van der Waals surface area (Å²) >= 11 is 2.03. The molecular weight excluding hydrogens is 216 g/mol. The lowest BCUT2D eigenvalue weighted by atomic mass is 10.1. The van der Waals surface area contributed by atoms with E-state index in [4.69, 9.17) is 5.26 Å². The van der Waals surface area contributed by atoms with E-state index in [2.05, 4.69) is 24.8 Å². The van der Waals surface area contributed by atoms with Gasteiger partial charge in [0.1, 0.15) is 6.07 Å². The Labute approximate surface area is 101 Å². The third-order valence-corrected chi connectivity index (χ3v) is 4.01. The second-order valence-electron chi connectivity index (χ2n) is 4.29. The highest BCUT2D eigenvalue weighted by molar-refractivity contribution is 8.00. The van der Waals surface area contributed by atoms with Crippen LogP contribution in [0.5, 0.6) is 0 Å². The molecule has 1 saturated heterocycles. The van der Waals surface area contributed by atoms with Crippen molar-refractivity contribution < 1.29 is 0 Å². The SMILES string of the molecule is CC1CN(c2ccccc2C#N)CC(C)S1. The van der Waals surface area contributed by atoms with Gasteiger partial charge < -0.3 is 4.90 Å². The van der Waals surface area contributed by atoms with Gasteiger partial charge in [-0.1, -0.05) is 26.0 Å². The average Bonchev–Trinajstić information content (AvgIpc) is 2.27. The van der Waals surface area contributed by atoms with Gasteiger partial charge in [-0.05, 0) is 12.1 Å². The maximum atomic E-state index is 9.10. The molecule has 0 aromatic heterocycles. The Kier molecular flexibility index (Phi) is 3.40. The molecule has 2 atom stereocenters. The van der Waals surface area contributed by atoms with Gasteiger partial charge in [0.15, 0.2) is 0 Å². The molecule has 0 amide bonds. The van der Waals surface area contributed by atoms with Crippen molar-refractivity contribution >= 4 is 17.4 Å². The van der Waals surface area contributed by atoms with Gasteiger partial charge in [0.25, 0.3) is 0 Å². The fraction of sp³-hybridized carbons (Fsp3) is 0.462. The van der Waals surface area contributed by atoms with Crippen LogP contribution in [0.2, 0.25) is 0 Å². The van der Waals surface area contributed by atoms with E-state index >= 15 is 0 Å². The predicted molar refractivity (Wildman–Crippen MR) is 69.9 cm³/mol. The smallest absolute Gasteiger partial charge is 0.101 e. The van der Waals surface area contributed by atoms with Crippen LogP contribution in [0.1, 0.15) is 19.4 Å². The molecular formula is C13H16N2S. The second kappa shape index (κ2) is 4.80. The summed E-state index contributed by atoms with van der Waals surface area (Å²) in [5.74, 6) is 0. The zero-order valence-electron chi connectivity index (χ0n) is 9.68. The number of anilines is 1. The monoisotopic (exact) mass is 232 g/mol. The minimum Gasteiger partial charge on any atom is -0.368 e. The predicted octanol–water partition coefficient (Wildman–Crippen LogP) is 2.89. The molecule has 1 aliphatic heterocycles. The van der Waals surface area contributed by atoms with Crippen molar-refractivity contribution in [1.82, 2.24) is 0 Å². The minimum atomic E-state index is 0.635.